The summed E-state index contributed by atoms with van der Waals surface area (Å²) in [5.74, 6) is -1.68. The van der Waals surface area contributed by atoms with E-state index in [0.29, 0.717) is 11.1 Å². The molecule has 1 aromatic rings. The van der Waals surface area contributed by atoms with Gasteiger partial charge in [0.15, 0.2) is 5.78 Å². The number of allylic oxidation sites excluding steroid dienone is 1. The largest absolute Gasteiger partial charge is 0.507 e. The minimum atomic E-state index is -1.22. The zero-order chi connectivity index (χ0) is 12.3. The first-order valence-electron chi connectivity index (χ1n) is 4.65. The minimum absolute atomic E-state index is 0.0931. The molecule has 0 amide bonds. The van der Waals surface area contributed by atoms with Crippen molar-refractivity contribution in [1.82, 2.24) is 0 Å². The van der Waals surface area contributed by atoms with Crippen molar-refractivity contribution < 1.29 is 19.8 Å². The fourth-order valence-electron chi connectivity index (χ4n) is 1.20. The smallest absolute Gasteiger partial charge is 0.339 e. The van der Waals surface area contributed by atoms with Crippen LogP contribution in [0.15, 0.2) is 30.4 Å². The Morgan fingerprint density at radius 2 is 2.00 bits per heavy atom. The lowest BCUT2D eigenvalue weighted by molar-refractivity contribution is -0.114. The second-order valence-electron chi connectivity index (χ2n) is 3.54. The number of carboxylic acid groups (broad SMARTS) is 1. The molecule has 0 spiro atoms. The van der Waals surface area contributed by atoms with Crippen LogP contribution in [0.4, 0.5) is 0 Å². The number of hydrogen-bond acceptors (Lipinski definition) is 3. The fraction of sp³-hybridized carbons (Fsp3) is 0.167. The van der Waals surface area contributed by atoms with E-state index in [0.717, 1.165) is 0 Å². The van der Waals surface area contributed by atoms with Crippen LogP contribution in [0, 0.1) is 0 Å². The van der Waals surface area contributed by atoms with Crippen molar-refractivity contribution in [2.45, 2.75) is 13.3 Å². The van der Waals surface area contributed by atoms with E-state index in [1.54, 1.807) is 6.92 Å². The van der Waals surface area contributed by atoms with E-state index in [1.165, 1.54) is 18.2 Å². The summed E-state index contributed by atoms with van der Waals surface area (Å²) in [5, 5.41) is 18.0. The molecule has 0 unspecified atom stereocenters. The molecule has 0 saturated carbocycles. The zero-order valence-corrected chi connectivity index (χ0v) is 8.86. The van der Waals surface area contributed by atoms with Crippen molar-refractivity contribution in [3.63, 3.8) is 0 Å². The van der Waals surface area contributed by atoms with Crippen LogP contribution in [0.1, 0.15) is 22.8 Å². The topological polar surface area (TPSA) is 74.6 Å². The first-order valence-corrected chi connectivity index (χ1v) is 4.65. The molecule has 0 fully saturated rings. The molecule has 0 heterocycles. The van der Waals surface area contributed by atoms with Gasteiger partial charge in [-0.1, -0.05) is 12.6 Å². The lowest BCUT2D eigenvalue weighted by Gasteiger charge is -2.04. The number of carboxylic acids is 1. The SMILES string of the molecule is C=C(C)C(=O)Cc1ccc(O)c(C(=O)O)c1. The number of hydrogen-bond donors (Lipinski definition) is 2. The number of aromatic hydroxyl groups is 1. The molecule has 1 aromatic carbocycles. The maximum absolute atomic E-state index is 11.4. The van der Waals surface area contributed by atoms with Crippen LogP contribution >= 0.6 is 0 Å². The Kier molecular flexibility index (Phi) is 3.45. The normalized spacial score (nSPS) is 9.81. The summed E-state index contributed by atoms with van der Waals surface area (Å²) in [6.07, 6.45) is 0.0931. The number of Topliss-reactive ketones (excluding diaryl/α,β-unsaturated/α-hetero) is 1. The third-order valence-electron chi connectivity index (χ3n) is 2.13. The lowest BCUT2D eigenvalue weighted by atomic mass is 10.0. The number of carbonyl (C=O) groups is 2. The van der Waals surface area contributed by atoms with E-state index in [2.05, 4.69) is 6.58 Å². The Balaban J connectivity index is 3.00. The Hall–Kier alpha value is -2.10. The standard InChI is InChI=1S/C12H12O4/c1-7(2)11(14)6-8-3-4-10(13)9(5-8)12(15)16/h3-5,13H,1,6H2,2H3,(H,15,16). The number of ketones is 1. The van der Waals surface area contributed by atoms with Crippen LogP contribution in [-0.2, 0) is 11.2 Å². The molecule has 0 atom stereocenters. The quantitative estimate of drug-likeness (QED) is 0.758. The highest BCUT2D eigenvalue weighted by Crippen LogP contribution is 2.19. The van der Waals surface area contributed by atoms with Crippen LogP contribution in [-0.4, -0.2) is 22.0 Å². The zero-order valence-electron chi connectivity index (χ0n) is 8.86. The van der Waals surface area contributed by atoms with E-state index in [1.807, 2.05) is 0 Å². The van der Waals surface area contributed by atoms with Crippen LogP contribution < -0.4 is 0 Å². The molecule has 16 heavy (non-hydrogen) atoms. The average molecular weight is 220 g/mol. The van der Waals surface area contributed by atoms with Gasteiger partial charge in [0.2, 0.25) is 0 Å². The van der Waals surface area contributed by atoms with Crippen molar-refractivity contribution in [1.29, 1.82) is 0 Å². The maximum atomic E-state index is 11.4. The summed E-state index contributed by atoms with van der Waals surface area (Å²) in [5.41, 5.74) is 0.764. The number of carbonyl (C=O) groups excluding carboxylic acids is 1. The van der Waals surface area contributed by atoms with Gasteiger partial charge >= 0.3 is 5.97 Å². The van der Waals surface area contributed by atoms with Gasteiger partial charge in [-0.25, -0.2) is 4.79 Å². The molecule has 0 aliphatic rings. The van der Waals surface area contributed by atoms with Gasteiger partial charge in [0.05, 0.1) is 0 Å². The number of benzene rings is 1. The molecule has 0 saturated heterocycles. The molecule has 0 aliphatic heterocycles. The van der Waals surface area contributed by atoms with Crippen molar-refractivity contribution in [2.75, 3.05) is 0 Å². The van der Waals surface area contributed by atoms with Crippen LogP contribution in [0.3, 0.4) is 0 Å². The van der Waals surface area contributed by atoms with Gasteiger partial charge in [-0.05, 0) is 30.2 Å². The Bertz CT molecular complexity index is 460. The van der Waals surface area contributed by atoms with E-state index in [-0.39, 0.29) is 23.5 Å². The van der Waals surface area contributed by atoms with Crippen molar-refractivity contribution >= 4 is 11.8 Å². The summed E-state index contributed by atoms with van der Waals surface area (Å²) in [6, 6.07) is 4.08. The van der Waals surface area contributed by atoms with E-state index < -0.39 is 5.97 Å². The van der Waals surface area contributed by atoms with Gasteiger partial charge < -0.3 is 10.2 Å². The molecule has 0 aliphatic carbocycles. The molecular weight excluding hydrogens is 208 g/mol. The summed E-state index contributed by atoms with van der Waals surface area (Å²) >= 11 is 0. The second kappa shape index (κ2) is 4.61. The highest BCUT2D eigenvalue weighted by Gasteiger charge is 2.12. The summed E-state index contributed by atoms with van der Waals surface area (Å²) < 4.78 is 0. The molecule has 1 rings (SSSR count). The predicted molar refractivity (Wildman–Crippen MR) is 58.6 cm³/mol. The highest BCUT2D eigenvalue weighted by atomic mass is 16.4. The monoisotopic (exact) mass is 220 g/mol. The van der Waals surface area contributed by atoms with Crippen LogP contribution in [0.2, 0.25) is 0 Å². The second-order valence-corrected chi connectivity index (χ2v) is 3.54. The highest BCUT2D eigenvalue weighted by molar-refractivity contribution is 5.96. The van der Waals surface area contributed by atoms with Gasteiger partial charge in [0.1, 0.15) is 11.3 Å². The van der Waals surface area contributed by atoms with E-state index >= 15 is 0 Å². The lowest BCUT2D eigenvalue weighted by Crippen LogP contribution is -2.05. The Morgan fingerprint density at radius 1 is 1.38 bits per heavy atom. The predicted octanol–water partition coefficient (Wildman–Crippen LogP) is 1.78. The summed E-state index contributed by atoms with van der Waals surface area (Å²) in [6.45, 7) is 5.11. The van der Waals surface area contributed by atoms with Gasteiger partial charge in [-0.2, -0.15) is 0 Å². The number of phenols is 1. The Labute approximate surface area is 92.8 Å². The third kappa shape index (κ3) is 2.70. The fourth-order valence-corrected chi connectivity index (χ4v) is 1.20. The summed E-state index contributed by atoms with van der Waals surface area (Å²) in [7, 11) is 0. The first-order chi connectivity index (χ1) is 7.41. The molecular formula is C12H12O4. The third-order valence-corrected chi connectivity index (χ3v) is 2.13. The van der Waals surface area contributed by atoms with Gasteiger partial charge in [-0.15, -0.1) is 0 Å². The molecule has 0 bridgehead atoms. The first kappa shape index (κ1) is 12.0. The minimum Gasteiger partial charge on any atom is -0.507 e. The van der Waals surface area contributed by atoms with Gasteiger partial charge in [0.25, 0.3) is 0 Å². The van der Waals surface area contributed by atoms with Gasteiger partial charge in [-0.3, -0.25) is 4.79 Å². The van der Waals surface area contributed by atoms with Crippen molar-refractivity contribution in [3.8, 4) is 5.75 Å². The van der Waals surface area contributed by atoms with Crippen LogP contribution in [0.5, 0.6) is 5.75 Å². The molecule has 2 N–H and O–H groups in total. The molecule has 0 aromatic heterocycles. The summed E-state index contributed by atoms with van der Waals surface area (Å²) in [4.78, 5) is 22.1. The Morgan fingerprint density at radius 3 is 2.50 bits per heavy atom. The van der Waals surface area contributed by atoms with Gasteiger partial charge in [0, 0.05) is 6.42 Å². The van der Waals surface area contributed by atoms with E-state index in [4.69, 9.17) is 5.11 Å². The van der Waals surface area contributed by atoms with E-state index in [9.17, 15) is 14.7 Å². The molecule has 0 radical (unpaired) electrons. The van der Waals surface area contributed by atoms with Crippen LogP contribution in [0.25, 0.3) is 0 Å². The number of rotatable bonds is 4. The molecule has 4 nitrogen and oxygen atoms in total. The molecule has 84 valence electrons. The maximum Gasteiger partial charge on any atom is 0.339 e. The average Bonchev–Trinajstić information content (AvgIpc) is 2.20. The van der Waals surface area contributed by atoms with Crippen molar-refractivity contribution in [3.05, 3.63) is 41.5 Å². The number of aromatic carboxylic acids is 1. The van der Waals surface area contributed by atoms with Crippen molar-refractivity contribution in [2.24, 2.45) is 0 Å². The molecule has 4 heteroatoms.